The molecule has 8 fully saturated rings. The molecule has 8 aliphatic rings. The molecule has 2 amide bonds. The van der Waals surface area contributed by atoms with Gasteiger partial charge in [-0.2, -0.15) is 0 Å². The van der Waals surface area contributed by atoms with E-state index in [4.69, 9.17) is 71.1 Å². The topological polar surface area (TPSA) is 621 Å². The van der Waals surface area contributed by atoms with Gasteiger partial charge < -0.3 is 189 Å². The van der Waals surface area contributed by atoms with Crippen LogP contribution in [0.25, 0.3) is 0 Å². The van der Waals surface area contributed by atoms with Crippen LogP contribution in [0.5, 0.6) is 0 Å². The summed E-state index contributed by atoms with van der Waals surface area (Å²) < 4.78 is 90.3. The smallest absolute Gasteiger partial charge is 0.217 e. The molecule has 0 aromatic rings. The van der Waals surface area contributed by atoms with Gasteiger partial charge in [-0.25, -0.2) is 0 Å². The van der Waals surface area contributed by atoms with Crippen molar-refractivity contribution >= 4 is 11.8 Å². The largest absolute Gasteiger partial charge is 0.394 e. The molecule has 0 aliphatic carbocycles. The fourth-order valence-electron chi connectivity index (χ4n) is 12.0. The lowest BCUT2D eigenvalue weighted by Crippen LogP contribution is -2.72. The maximum Gasteiger partial charge on any atom is 0.217 e. The number of aliphatic hydroxyl groups excluding tert-OH is 21. The van der Waals surface area contributed by atoms with Crippen LogP contribution in [-0.4, -0.2) is 398 Å². The molecule has 92 heavy (non-hydrogen) atoms. The number of nitrogens with one attached hydrogen (secondary N) is 2. The minimum absolute atomic E-state index is 0.883. The van der Waals surface area contributed by atoms with Crippen molar-refractivity contribution < 1.29 is 188 Å². The van der Waals surface area contributed by atoms with Crippen molar-refractivity contribution in [2.75, 3.05) is 33.0 Å². The van der Waals surface area contributed by atoms with Gasteiger partial charge in [-0.15, -0.1) is 0 Å². The zero-order chi connectivity index (χ0) is 67.8. The number of hydrogen-bond donors (Lipinski definition) is 23. The molecule has 0 aromatic carbocycles. The zero-order valence-electron chi connectivity index (χ0n) is 50.0. The van der Waals surface area contributed by atoms with Gasteiger partial charge in [0.15, 0.2) is 50.3 Å². The van der Waals surface area contributed by atoms with Crippen LogP contribution in [0.4, 0.5) is 0 Å². The molecule has 40 heteroatoms. The SMILES string of the molecule is CC(=O)N[C@@H]1[C@@H](O[C@@H]2O[C@@H](C)[C@@H](O)[C@@H](O)[C@@H]2O)[C@H](O[C@@H]2O[C@H](CO)[C@@H](O[C@@H]3O[C@H](CO)[C@@H](O)[C@H](O[C@H]4O[C@H](CO)[C@@H](O)[C@H](O)[C@@H]4O)[C@@H]3O)[C@H](O[C@@H]3O[C@@H](C)[C@@H](O)[C@@H](O)[C@@H]3OC3O[C@H](CO)[C@H](O)[C@H](O)[C@H]3O)[C@H]2NC(C)=O)[C@@H](CO[C@@H]2O[C@@H](C)[C@@H](O)[C@@H](O)[C@@H]2O)O[C@H]1O. The molecule has 0 spiro atoms. The first-order chi connectivity index (χ1) is 43.4. The molecule has 534 valence electrons. The van der Waals surface area contributed by atoms with Crippen LogP contribution in [0.3, 0.4) is 0 Å². The Morgan fingerprint density at radius 1 is 0.304 bits per heavy atom. The lowest BCUT2D eigenvalue weighted by atomic mass is 9.92. The van der Waals surface area contributed by atoms with Gasteiger partial charge in [-0.3, -0.25) is 9.59 Å². The molecule has 1 unspecified atom stereocenters. The fraction of sp³-hybridized carbons (Fsp3) is 0.962. The highest BCUT2D eigenvalue weighted by atomic mass is 16.8. The van der Waals surface area contributed by atoms with Gasteiger partial charge >= 0.3 is 0 Å². The Hall–Kier alpha value is -2.50. The number of hydrogen-bond acceptors (Lipinski definition) is 38. The standard InChI is InChI=1S/C52H88N2O38/c1-11-23(61)29(67)34(72)47(79-11)78-10-20-40(41(21(45(77)82-20)53-14(4)59)89-48-35(73)30(68)24(62)12(2)80-48)87-46-22(54-15(5)60)42(90-52-44(33(71)25(63)13(3)81-52)92-50-37(75)32(70)27(65)17(7-56)84-50)39(19(9-58)86-46)88-51-38(76)43(28(66)18(8-57)85-51)91-49-36(74)31(69)26(64)16(6-55)83-49/h11-13,16-52,55-58,61-77H,6-10H2,1-5H3,(H,53,59)(H,54,60)/t11-,12-,13-,16+,17+,18+,19+,20+,21+,22+,23+,24+,25+,26+,27-,28+,29+,30+,31-,32-,33+,34-,35-,36-,37+,38-,39+,40+,41+,42+,43-,44-,45+,46-,47+,48-,49+,50?,51-,52-/m0/s1. The van der Waals surface area contributed by atoms with Gasteiger partial charge in [-0.05, 0) is 20.8 Å². The molecule has 8 heterocycles. The highest BCUT2D eigenvalue weighted by Gasteiger charge is 2.61. The lowest BCUT2D eigenvalue weighted by molar-refractivity contribution is -0.403. The molecule has 0 bridgehead atoms. The van der Waals surface area contributed by atoms with Crippen LogP contribution in [0, 0.1) is 0 Å². The number of ether oxygens (including phenoxy) is 15. The van der Waals surface area contributed by atoms with Crippen molar-refractivity contribution in [1.29, 1.82) is 0 Å². The Bertz CT molecular complexity index is 2330. The summed E-state index contributed by atoms with van der Waals surface area (Å²) in [5.41, 5.74) is 0. The van der Waals surface area contributed by atoms with Crippen molar-refractivity contribution in [2.24, 2.45) is 0 Å². The predicted molar refractivity (Wildman–Crippen MR) is 283 cm³/mol. The van der Waals surface area contributed by atoms with Gasteiger partial charge in [0.1, 0.15) is 177 Å². The molecule has 8 saturated heterocycles. The van der Waals surface area contributed by atoms with E-state index in [9.17, 15) is 117 Å². The third-order valence-electron chi connectivity index (χ3n) is 17.3. The summed E-state index contributed by atoms with van der Waals surface area (Å²) in [6, 6.07) is -3.92. The fourth-order valence-corrected chi connectivity index (χ4v) is 12.0. The first-order valence-corrected chi connectivity index (χ1v) is 29.7. The third-order valence-corrected chi connectivity index (χ3v) is 17.3. The van der Waals surface area contributed by atoms with E-state index in [1.54, 1.807) is 0 Å². The number of aliphatic hydroxyl groups is 21. The molecule has 40 atom stereocenters. The number of carbonyl (C=O) groups is 2. The minimum atomic E-state index is -2.35. The predicted octanol–water partition coefficient (Wildman–Crippen LogP) is -15.1. The van der Waals surface area contributed by atoms with Crippen molar-refractivity contribution in [3.63, 3.8) is 0 Å². The van der Waals surface area contributed by atoms with E-state index in [1.807, 2.05) is 0 Å². The summed E-state index contributed by atoms with van der Waals surface area (Å²) in [6.45, 7) is 0.539. The van der Waals surface area contributed by atoms with E-state index in [1.165, 1.54) is 20.8 Å². The summed E-state index contributed by atoms with van der Waals surface area (Å²) in [6.07, 6.45) is -74.6. The molecule has 0 saturated carbocycles. The van der Waals surface area contributed by atoms with E-state index in [0.29, 0.717) is 0 Å². The van der Waals surface area contributed by atoms with Crippen LogP contribution in [0.2, 0.25) is 0 Å². The highest BCUT2D eigenvalue weighted by Crippen LogP contribution is 2.40. The number of rotatable bonds is 21. The van der Waals surface area contributed by atoms with Gasteiger partial charge in [0, 0.05) is 13.8 Å². The van der Waals surface area contributed by atoms with Gasteiger partial charge in [-0.1, -0.05) is 0 Å². The number of amides is 2. The monoisotopic (exact) mass is 1350 g/mol. The van der Waals surface area contributed by atoms with Gasteiger partial charge in [0.2, 0.25) is 11.8 Å². The van der Waals surface area contributed by atoms with Crippen LogP contribution in [0.15, 0.2) is 0 Å². The van der Waals surface area contributed by atoms with Crippen LogP contribution in [-0.2, 0) is 80.6 Å². The molecular formula is C52H88N2O38. The zero-order valence-corrected chi connectivity index (χ0v) is 50.0. The van der Waals surface area contributed by atoms with Gasteiger partial charge in [0.05, 0.1) is 51.3 Å². The molecule has 40 nitrogen and oxygen atoms in total. The first-order valence-electron chi connectivity index (χ1n) is 29.7. The normalized spacial score (nSPS) is 52.1. The van der Waals surface area contributed by atoms with Crippen molar-refractivity contribution in [1.82, 2.24) is 10.6 Å². The van der Waals surface area contributed by atoms with Crippen molar-refractivity contribution in [3.05, 3.63) is 0 Å². The summed E-state index contributed by atoms with van der Waals surface area (Å²) in [5.74, 6) is -1.89. The Kier molecular flexibility index (Phi) is 26.2. The van der Waals surface area contributed by atoms with Crippen molar-refractivity contribution in [3.8, 4) is 0 Å². The average Bonchev–Trinajstić information content (AvgIpc) is 0.768. The molecule has 8 rings (SSSR count). The summed E-state index contributed by atoms with van der Waals surface area (Å²) in [7, 11) is 0. The molecule has 8 aliphatic heterocycles. The summed E-state index contributed by atoms with van der Waals surface area (Å²) in [4.78, 5) is 26.8. The maximum absolute atomic E-state index is 13.8. The molecule has 23 N–H and O–H groups in total. The Morgan fingerprint density at radius 3 is 1.14 bits per heavy atom. The Labute approximate surface area is 522 Å². The van der Waals surface area contributed by atoms with Gasteiger partial charge in [0.25, 0.3) is 0 Å². The second kappa shape index (κ2) is 32.0. The van der Waals surface area contributed by atoms with E-state index in [-0.39, 0.29) is 0 Å². The van der Waals surface area contributed by atoms with E-state index >= 15 is 0 Å². The average molecular weight is 1350 g/mol. The quantitative estimate of drug-likeness (QED) is 0.0507. The minimum Gasteiger partial charge on any atom is -0.394 e. The first kappa shape index (κ1) is 75.3. The second-order valence-corrected chi connectivity index (χ2v) is 23.8. The number of carbonyl (C=O) groups excluding carboxylic acids is 2. The van der Waals surface area contributed by atoms with Crippen LogP contribution >= 0.6 is 0 Å². The lowest BCUT2D eigenvalue weighted by Gasteiger charge is -2.53. The maximum atomic E-state index is 13.8. The van der Waals surface area contributed by atoms with E-state index in [2.05, 4.69) is 10.6 Å². The van der Waals surface area contributed by atoms with Crippen molar-refractivity contribution in [2.45, 2.75) is 280 Å². The highest BCUT2D eigenvalue weighted by molar-refractivity contribution is 5.73. The second-order valence-electron chi connectivity index (χ2n) is 23.8. The Morgan fingerprint density at radius 2 is 0.641 bits per heavy atom. The van der Waals surface area contributed by atoms with E-state index in [0.717, 1.165) is 13.8 Å². The van der Waals surface area contributed by atoms with E-state index < -0.39 is 290 Å². The third kappa shape index (κ3) is 16.0. The molecular weight excluding hydrogens is 1260 g/mol. The molecule has 0 radical (unpaired) electrons. The summed E-state index contributed by atoms with van der Waals surface area (Å²) in [5, 5.41) is 235. The Balaban J connectivity index is 1.24. The molecule has 0 aromatic heterocycles. The van der Waals surface area contributed by atoms with Crippen LogP contribution in [0.1, 0.15) is 34.6 Å². The van der Waals surface area contributed by atoms with Crippen LogP contribution < -0.4 is 10.6 Å². The summed E-state index contributed by atoms with van der Waals surface area (Å²) >= 11 is 0.